The first-order valence-corrected chi connectivity index (χ1v) is 9.50. The largest absolute Gasteiger partial charge is 0.449 e. The van der Waals surface area contributed by atoms with Crippen LogP contribution in [-0.2, 0) is 16.1 Å². The Labute approximate surface area is 164 Å². The summed E-state index contributed by atoms with van der Waals surface area (Å²) in [4.78, 5) is 21.3. The molecule has 1 unspecified atom stereocenters. The van der Waals surface area contributed by atoms with Crippen molar-refractivity contribution >= 4 is 27.9 Å². The van der Waals surface area contributed by atoms with Crippen LogP contribution in [0.4, 0.5) is 0 Å². The third-order valence-electron chi connectivity index (χ3n) is 4.68. The molecule has 0 saturated heterocycles. The number of rotatable bonds is 5. The SMILES string of the molecule is CC(=O)OC(c1ccccc1)c1nc2cnc3ccccc3c2n1CC(C)C. The molecule has 0 aliphatic heterocycles. The van der Waals surface area contributed by atoms with E-state index >= 15 is 0 Å². The number of ether oxygens (including phenoxy) is 1. The van der Waals surface area contributed by atoms with Gasteiger partial charge < -0.3 is 9.30 Å². The second-order valence-electron chi connectivity index (χ2n) is 7.38. The van der Waals surface area contributed by atoms with Crippen molar-refractivity contribution in [3.05, 3.63) is 72.2 Å². The van der Waals surface area contributed by atoms with Crippen molar-refractivity contribution in [1.82, 2.24) is 14.5 Å². The monoisotopic (exact) mass is 373 g/mol. The molecule has 2 heterocycles. The molecule has 4 aromatic rings. The molecule has 5 nitrogen and oxygen atoms in total. The zero-order valence-corrected chi connectivity index (χ0v) is 16.3. The second-order valence-corrected chi connectivity index (χ2v) is 7.38. The van der Waals surface area contributed by atoms with Crippen LogP contribution in [-0.4, -0.2) is 20.5 Å². The van der Waals surface area contributed by atoms with Crippen LogP contribution in [0, 0.1) is 5.92 Å². The maximum absolute atomic E-state index is 11.9. The molecule has 5 heteroatoms. The summed E-state index contributed by atoms with van der Waals surface area (Å²) in [6.07, 6.45) is 1.23. The van der Waals surface area contributed by atoms with Gasteiger partial charge in [0, 0.05) is 24.4 Å². The van der Waals surface area contributed by atoms with E-state index in [0.717, 1.165) is 39.9 Å². The first kappa shape index (κ1) is 18.2. The number of pyridine rings is 1. The quantitative estimate of drug-likeness (QED) is 0.467. The van der Waals surface area contributed by atoms with E-state index in [9.17, 15) is 4.79 Å². The predicted molar refractivity (Wildman–Crippen MR) is 110 cm³/mol. The molecule has 0 N–H and O–H groups in total. The van der Waals surface area contributed by atoms with Crippen LogP contribution in [0.2, 0.25) is 0 Å². The number of imidazole rings is 1. The summed E-state index contributed by atoms with van der Waals surface area (Å²) >= 11 is 0. The molecule has 28 heavy (non-hydrogen) atoms. The second kappa shape index (κ2) is 7.43. The summed E-state index contributed by atoms with van der Waals surface area (Å²) in [6.45, 7) is 6.54. The fourth-order valence-electron chi connectivity index (χ4n) is 3.59. The van der Waals surface area contributed by atoms with Gasteiger partial charge in [-0.2, -0.15) is 0 Å². The van der Waals surface area contributed by atoms with Crippen molar-refractivity contribution in [3.63, 3.8) is 0 Å². The van der Waals surface area contributed by atoms with E-state index in [2.05, 4.69) is 29.5 Å². The first-order chi connectivity index (χ1) is 13.5. The number of fused-ring (bicyclic) bond motifs is 3. The maximum atomic E-state index is 11.9. The van der Waals surface area contributed by atoms with Gasteiger partial charge >= 0.3 is 5.97 Å². The van der Waals surface area contributed by atoms with Crippen LogP contribution < -0.4 is 0 Å². The smallest absolute Gasteiger partial charge is 0.303 e. The van der Waals surface area contributed by atoms with E-state index in [1.165, 1.54) is 6.92 Å². The summed E-state index contributed by atoms with van der Waals surface area (Å²) in [6, 6.07) is 17.8. The van der Waals surface area contributed by atoms with E-state index in [-0.39, 0.29) is 5.97 Å². The minimum absolute atomic E-state index is 0.333. The lowest BCUT2D eigenvalue weighted by Gasteiger charge is -2.20. The van der Waals surface area contributed by atoms with Crippen LogP contribution in [0.1, 0.15) is 38.3 Å². The van der Waals surface area contributed by atoms with E-state index in [0.29, 0.717) is 5.92 Å². The number of hydrogen-bond acceptors (Lipinski definition) is 4. The summed E-state index contributed by atoms with van der Waals surface area (Å²) in [5, 5.41) is 1.05. The molecule has 0 aliphatic carbocycles. The van der Waals surface area contributed by atoms with Gasteiger partial charge in [-0.1, -0.05) is 62.4 Å². The lowest BCUT2D eigenvalue weighted by molar-refractivity contribution is -0.145. The summed E-state index contributed by atoms with van der Waals surface area (Å²) in [7, 11) is 0. The number of carbonyl (C=O) groups excluding carboxylic acids is 1. The van der Waals surface area contributed by atoms with Gasteiger partial charge in [0.05, 0.1) is 17.2 Å². The van der Waals surface area contributed by atoms with Gasteiger partial charge in [0.15, 0.2) is 11.9 Å². The Kier molecular flexibility index (Phi) is 4.82. The Bertz CT molecular complexity index is 1130. The Balaban J connectivity index is 2.01. The predicted octanol–water partition coefficient (Wildman–Crippen LogP) is 4.89. The zero-order valence-electron chi connectivity index (χ0n) is 16.3. The number of carbonyl (C=O) groups is 1. The van der Waals surface area contributed by atoms with Crippen LogP contribution in [0.25, 0.3) is 21.9 Å². The lowest BCUT2D eigenvalue weighted by atomic mass is 10.1. The summed E-state index contributed by atoms with van der Waals surface area (Å²) in [5.41, 5.74) is 3.66. The van der Waals surface area contributed by atoms with Crippen molar-refractivity contribution in [2.45, 2.75) is 33.4 Å². The van der Waals surface area contributed by atoms with Crippen molar-refractivity contribution in [2.24, 2.45) is 5.92 Å². The van der Waals surface area contributed by atoms with Gasteiger partial charge in [0.1, 0.15) is 5.52 Å². The molecule has 0 fully saturated rings. The van der Waals surface area contributed by atoms with E-state index in [1.807, 2.05) is 48.5 Å². The number of para-hydroxylation sites is 1. The van der Waals surface area contributed by atoms with E-state index in [1.54, 1.807) is 6.20 Å². The number of aromatic nitrogens is 3. The molecular weight excluding hydrogens is 350 g/mol. The van der Waals surface area contributed by atoms with E-state index < -0.39 is 6.10 Å². The maximum Gasteiger partial charge on any atom is 0.303 e. The number of esters is 1. The molecule has 0 spiro atoms. The van der Waals surface area contributed by atoms with Crippen LogP contribution >= 0.6 is 0 Å². The number of hydrogen-bond donors (Lipinski definition) is 0. The fraction of sp³-hybridized carbons (Fsp3) is 0.261. The standard InChI is InChI=1S/C23H23N3O2/c1-15(2)14-26-21-18-11-7-8-12-19(18)24-13-20(21)25-23(26)22(28-16(3)27)17-9-5-4-6-10-17/h4-13,15,22H,14H2,1-3H3. The van der Waals surface area contributed by atoms with Crippen molar-refractivity contribution in [1.29, 1.82) is 0 Å². The molecule has 0 bridgehead atoms. The highest BCUT2D eigenvalue weighted by Gasteiger charge is 2.26. The Morgan fingerprint density at radius 1 is 1.04 bits per heavy atom. The summed E-state index contributed by atoms with van der Waals surface area (Å²) < 4.78 is 7.93. The highest BCUT2D eigenvalue weighted by Crippen LogP contribution is 2.32. The van der Waals surface area contributed by atoms with Gasteiger partial charge in [0.2, 0.25) is 0 Å². The van der Waals surface area contributed by atoms with E-state index in [4.69, 9.17) is 9.72 Å². The van der Waals surface area contributed by atoms with Gasteiger partial charge in [-0.05, 0) is 12.0 Å². The zero-order chi connectivity index (χ0) is 19.7. The van der Waals surface area contributed by atoms with Crippen molar-refractivity contribution in [3.8, 4) is 0 Å². The highest BCUT2D eigenvalue weighted by atomic mass is 16.5. The summed E-state index contributed by atoms with van der Waals surface area (Å²) in [5.74, 6) is 0.792. The fourth-order valence-corrected chi connectivity index (χ4v) is 3.59. The topological polar surface area (TPSA) is 57.0 Å². The molecule has 0 amide bonds. The molecule has 0 radical (unpaired) electrons. The lowest BCUT2D eigenvalue weighted by Crippen LogP contribution is -2.17. The van der Waals surface area contributed by atoms with Gasteiger partial charge in [-0.25, -0.2) is 4.98 Å². The molecular formula is C23H23N3O2. The minimum Gasteiger partial charge on any atom is -0.449 e. The van der Waals surface area contributed by atoms with Crippen LogP contribution in [0.15, 0.2) is 60.8 Å². The Morgan fingerprint density at radius 3 is 2.46 bits per heavy atom. The van der Waals surface area contributed by atoms with Gasteiger partial charge in [0.25, 0.3) is 0 Å². The average Bonchev–Trinajstić information content (AvgIpc) is 3.04. The van der Waals surface area contributed by atoms with Crippen molar-refractivity contribution < 1.29 is 9.53 Å². The highest BCUT2D eigenvalue weighted by molar-refractivity contribution is 6.02. The molecule has 2 aromatic heterocycles. The Morgan fingerprint density at radius 2 is 1.75 bits per heavy atom. The molecule has 142 valence electrons. The van der Waals surface area contributed by atoms with Gasteiger partial charge in [-0.15, -0.1) is 0 Å². The third-order valence-corrected chi connectivity index (χ3v) is 4.68. The average molecular weight is 373 g/mol. The molecule has 1 atom stereocenters. The number of nitrogens with zero attached hydrogens (tertiary/aromatic N) is 3. The van der Waals surface area contributed by atoms with Crippen LogP contribution in [0.3, 0.4) is 0 Å². The third kappa shape index (κ3) is 3.36. The van der Waals surface area contributed by atoms with Crippen LogP contribution in [0.5, 0.6) is 0 Å². The molecule has 4 rings (SSSR count). The Hall–Kier alpha value is -3.21. The molecule has 2 aromatic carbocycles. The molecule has 0 aliphatic rings. The minimum atomic E-state index is -0.566. The first-order valence-electron chi connectivity index (χ1n) is 9.50. The normalized spacial score (nSPS) is 12.6. The molecule has 0 saturated carbocycles. The van der Waals surface area contributed by atoms with Crippen molar-refractivity contribution in [2.75, 3.05) is 0 Å². The van der Waals surface area contributed by atoms with Gasteiger partial charge in [-0.3, -0.25) is 9.78 Å². The number of benzene rings is 2.